The van der Waals surface area contributed by atoms with Crippen LogP contribution < -0.4 is 19.5 Å². The van der Waals surface area contributed by atoms with E-state index in [4.69, 9.17) is 9.47 Å². The van der Waals surface area contributed by atoms with Gasteiger partial charge < -0.3 is 14.8 Å². The number of amidine groups is 1. The highest BCUT2D eigenvalue weighted by molar-refractivity contribution is 7.90. The van der Waals surface area contributed by atoms with Crippen LogP contribution in [0.4, 0.5) is 5.69 Å². The lowest BCUT2D eigenvalue weighted by molar-refractivity contribution is -0.117. The van der Waals surface area contributed by atoms with Crippen LogP contribution in [0.2, 0.25) is 0 Å². The number of nitrogens with zero attached hydrogens (tertiary/aromatic N) is 2. The van der Waals surface area contributed by atoms with Crippen LogP contribution in [0.25, 0.3) is 0 Å². The van der Waals surface area contributed by atoms with E-state index in [1.54, 1.807) is 12.1 Å². The highest BCUT2D eigenvalue weighted by Gasteiger charge is 2.19. The Bertz CT molecular complexity index is 1170. The number of fused-ring (bicyclic) bond motifs is 1. The van der Waals surface area contributed by atoms with Crippen molar-refractivity contribution in [1.29, 1.82) is 0 Å². The smallest absolute Gasteiger partial charge is 0.262 e. The van der Waals surface area contributed by atoms with Gasteiger partial charge in [-0.05, 0) is 55.3 Å². The monoisotopic (exact) mass is 486 g/mol. The third-order valence-corrected chi connectivity index (χ3v) is 7.09. The lowest BCUT2D eigenvalue weighted by atomic mass is 10.2. The number of carbonyl (C=O) groups is 1. The molecule has 10 heteroatoms. The van der Waals surface area contributed by atoms with Crippen molar-refractivity contribution in [3.63, 3.8) is 0 Å². The molecular weight excluding hydrogens is 456 g/mol. The maximum Gasteiger partial charge on any atom is 0.262 e. The van der Waals surface area contributed by atoms with E-state index >= 15 is 0 Å². The minimum atomic E-state index is -3.77. The molecule has 34 heavy (non-hydrogen) atoms. The molecule has 0 aromatic heterocycles. The number of hydrogen-bond donors (Lipinski definition) is 2. The molecule has 0 aliphatic carbocycles. The molecule has 0 atom stereocenters. The minimum Gasteiger partial charge on any atom is -0.454 e. The largest absolute Gasteiger partial charge is 0.454 e. The topological polar surface area (TPSA) is 109 Å². The van der Waals surface area contributed by atoms with Crippen LogP contribution in [0.1, 0.15) is 38.2 Å². The quantitative estimate of drug-likeness (QED) is 0.593. The summed E-state index contributed by atoms with van der Waals surface area (Å²) in [6, 6.07) is 12.0. The normalized spacial score (nSPS) is 15.5. The zero-order valence-electron chi connectivity index (χ0n) is 19.2. The van der Waals surface area contributed by atoms with Gasteiger partial charge in [0.25, 0.3) is 10.0 Å². The number of anilines is 1. The molecule has 9 nitrogen and oxygen atoms in total. The number of rotatable bonds is 8. The average Bonchev–Trinajstić information content (AvgIpc) is 3.14. The number of amides is 1. The van der Waals surface area contributed by atoms with Gasteiger partial charge in [0.1, 0.15) is 5.84 Å². The van der Waals surface area contributed by atoms with Gasteiger partial charge in [-0.3, -0.25) is 19.4 Å². The molecule has 0 spiro atoms. The van der Waals surface area contributed by atoms with Gasteiger partial charge in [-0.2, -0.15) is 0 Å². The SMILES string of the molecule is CCN(CC(=O)Nc1cccc(S(=O)(=O)NC2=NCCCCC2)c1)Cc1ccc2c(c1)OCO2. The molecule has 0 bridgehead atoms. The molecule has 0 fully saturated rings. The van der Waals surface area contributed by atoms with Crippen molar-refractivity contribution >= 4 is 27.5 Å². The van der Waals surface area contributed by atoms with E-state index in [1.165, 1.54) is 12.1 Å². The summed E-state index contributed by atoms with van der Waals surface area (Å²) in [6.07, 6.45) is 3.54. The molecule has 2 heterocycles. The number of nitrogens with one attached hydrogen (secondary N) is 2. The molecule has 1 amide bonds. The van der Waals surface area contributed by atoms with Crippen molar-refractivity contribution in [2.45, 2.75) is 44.0 Å². The molecule has 2 aromatic carbocycles. The molecule has 2 aromatic rings. The van der Waals surface area contributed by atoms with Crippen LogP contribution in [0, 0.1) is 0 Å². The molecule has 4 rings (SSSR count). The van der Waals surface area contributed by atoms with Crippen LogP contribution in [0.3, 0.4) is 0 Å². The van der Waals surface area contributed by atoms with E-state index in [0.717, 1.165) is 30.6 Å². The second kappa shape index (κ2) is 10.9. The predicted molar refractivity (Wildman–Crippen MR) is 130 cm³/mol. The molecule has 0 saturated carbocycles. The lowest BCUT2D eigenvalue weighted by Crippen LogP contribution is -2.33. The van der Waals surface area contributed by atoms with Crippen LogP contribution in [-0.2, 0) is 21.4 Å². The van der Waals surface area contributed by atoms with Crippen LogP contribution >= 0.6 is 0 Å². The molecule has 0 unspecified atom stereocenters. The standard InChI is InChI=1S/C24H30N4O5S/c1-2-28(15-18-10-11-21-22(13-18)33-17-32-21)16-24(29)26-19-7-6-8-20(14-19)34(30,31)27-23-9-4-3-5-12-25-23/h6-8,10-11,13-14H,2-5,9,12,15-17H2,1H3,(H,25,27)(H,26,29). The Kier molecular flexibility index (Phi) is 7.69. The second-order valence-corrected chi connectivity index (χ2v) is 9.99. The van der Waals surface area contributed by atoms with E-state index in [9.17, 15) is 13.2 Å². The Morgan fingerprint density at radius 2 is 1.94 bits per heavy atom. The average molecular weight is 487 g/mol. The molecule has 2 N–H and O–H groups in total. The number of sulfonamides is 1. The minimum absolute atomic E-state index is 0.0879. The summed E-state index contributed by atoms with van der Waals surface area (Å²) in [5.41, 5.74) is 1.44. The Morgan fingerprint density at radius 3 is 2.79 bits per heavy atom. The summed E-state index contributed by atoms with van der Waals surface area (Å²) >= 11 is 0. The first kappa shape index (κ1) is 24.0. The number of benzene rings is 2. The van der Waals surface area contributed by atoms with E-state index < -0.39 is 10.0 Å². The number of carbonyl (C=O) groups excluding carboxylic acids is 1. The lowest BCUT2D eigenvalue weighted by Gasteiger charge is -2.20. The maximum absolute atomic E-state index is 12.8. The number of aliphatic imine (C=N–C) groups is 1. The van der Waals surface area contributed by atoms with Gasteiger partial charge >= 0.3 is 0 Å². The van der Waals surface area contributed by atoms with Crippen LogP contribution in [-0.4, -0.2) is 51.5 Å². The zero-order chi connectivity index (χ0) is 24.0. The Labute approximate surface area is 200 Å². The van der Waals surface area contributed by atoms with Crippen molar-refractivity contribution in [3.8, 4) is 11.5 Å². The first-order chi connectivity index (χ1) is 16.4. The number of ether oxygens (including phenoxy) is 2. The third-order valence-electron chi connectivity index (χ3n) is 5.71. The third kappa shape index (κ3) is 6.27. The molecule has 182 valence electrons. The molecule has 2 aliphatic rings. The summed E-state index contributed by atoms with van der Waals surface area (Å²) in [4.78, 5) is 19.1. The fourth-order valence-electron chi connectivity index (χ4n) is 3.89. The Balaban J connectivity index is 1.37. The highest BCUT2D eigenvalue weighted by Crippen LogP contribution is 2.32. The van der Waals surface area contributed by atoms with Crippen molar-refractivity contribution in [1.82, 2.24) is 9.62 Å². The first-order valence-corrected chi connectivity index (χ1v) is 13.0. The van der Waals surface area contributed by atoms with Crippen molar-refractivity contribution in [3.05, 3.63) is 48.0 Å². The fourth-order valence-corrected chi connectivity index (χ4v) is 5.03. The Hall–Kier alpha value is -3.11. The predicted octanol–water partition coefficient (Wildman–Crippen LogP) is 3.13. The van der Waals surface area contributed by atoms with Gasteiger partial charge in [-0.15, -0.1) is 0 Å². The molecule has 0 radical (unpaired) electrons. The van der Waals surface area contributed by atoms with Gasteiger partial charge in [0.15, 0.2) is 11.5 Å². The summed E-state index contributed by atoms with van der Waals surface area (Å²) in [5.74, 6) is 1.70. The van der Waals surface area contributed by atoms with Crippen LogP contribution in [0.15, 0.2) is 52.4 Å². The van der Waals surface area contributed by atoms with Gasteiger partial charge in [0.05, 0.1) is 11.4 Å². The van der Waals surface area contributed by atoms with E-state index in [-0.39, 0.29) is 24.1 Å². The Morgan fingerprint density at radius 1 is 1.09 bits per heavy atom. The summed E-state index contributed by atoms with van der Waals surface area (Å²) < 4.78 is 39.0. The van der Waals surface area contributed by atoms with E-state index in [0.29, 0.717) is 43.3 Å². The summed E-state index contributed by atoms with van der Waals surface area (Å²) in [5, 5.41) is 2.81. The van der Waals surface area contributed by atoms with Crippen LogP contribution in [0.5, 0.6) is 11.5 Å². The maximum atomic E-state index is 12.8. The van der Waals surface area contributed by atoms with Crippen molar-refractivity contribution in [2.24, 2.45) is 4.99 Å². The second-order valence-electron chi connectivity index (χ2n) is 8.31. The zero-order valence-corrected chi connectivity index (χ0v) is 20.1. The molecule has 2 aliphatic heterocycles. The van der Waals surface area contributed by atoms with Crippen molar-refractivity contribution in [2.75, 3.05) is 31.7 Å². The van der Waals surface area contributed by atoms with Gasteiger partial charge in [0, 0.05) is 25.2 Å². The van der Waals surface area contributed by atoms with E-state index in [1.807, 2.05) is 30.0 Å². The molecular formula is C24H30N4O5S. The summed E-state index contributed by atoms with van der Waals surface area (Å²) in [7, 11) is -3.77. The van der Waals surface area contributed by atoms with Crippen molar-refractivity contribution < 1.29 is 22.7 Å². The molecule has 0 saturated heterocycles. The highest BCUT2D eigenvalue weighted by atomic mass is 32.2. The van der Waals surface area contributed by atoms with Gasteiger partial charge in [-0.25, -0.2) is 8.42 Å². The summed E-state index contributed by atoms with van der Waals surface area (Å²) in [6.45, 7) is 4.24. The van der Waals surface area contributed by atoms with E-state index in [2.05, 4.69) is 15.0 Å². The van der Waals surface area contributed by atoms with Gasteiger partial charge in [0.2, 0.25) is 12.7 Å². The fraction of sp³-hybridized carbons (Fsp3) is 0.417. The number of likely N-dealkylation sites (N-methyl/N-ethyl adjacent to an activating group) is 1. The number of hydrogen-bond acceptors (Lipinski definition) is 7. The first-order valence-electron chi connectivity index (χ1n) is 11.5. The van der Waals surface area contributed by atoms with Gasteiger partial charge in [-0.1, -0.05) is 25.5 Å².